The minimum atomic E-state index is -3.56. The second kappa shape index (κ2) is 8.89. The van der Waals surface area contributed by atoms with Crippen molar-refractivity contribution in [1.29, 1.82) is 0 Å². The Balaban J connectivity index is 1.71. The van der Waals surface area contributed by atoms with Crippen LogP contribution < -0.4 is 5.32 Å². The maximum atomic E-state index is 12.7. The third kappa shape index (κ3) is 4.75. The van der Waals surface area contributed by atoms with E-state index in [1.807, 2.05) is 0 Å². The number of halogens is 1. The first-order chi connectivity index (χ1) is 13.8. The molecule has 0 fully saturated rings. The van der Waals surface area contributed by atoms with Gasteiger partial charge in [0.1, 0.15) is 5.52 Å². The van der Waals surface area contributed by atoms with E-state index in [0.29, 0.717) is 41.4 Å². The molecule has 0 saturated carbocycles. The van der Waals surface area contributed by atoms with Crippen LogP contribution in [0.15, 0.2) is 47.4 Å². The van der Waals surface area contributed by atoms with E-state index in [4.69, 9.17) is 11.6 Å². The number of nitrogens with zero attached hydrogens (tertiary/aromatic N) is 4. The highest BCUT2D eigenvalue weighted by Crippen LogP contribution is 2.21. The van der Waals surface area contributed by atoms with Gasteiger partial charge in [0.05, 0.1) is 17.0 Å². The maximum absolute atomic E-state index is 12.7. The predicted octanol–water partition coefficient (Wildman–Crippen LogP) is 3.14. The summed E-state index contributed by atoms with van der Waals surface area (Å²) in [5, 5.41) is 11.5. The van der Waals surface area contributed by atoms with Crippen LogP contribution in [-0.2, 0) is 21.4 Å². The molecule has 29 heavy (non-hydrogen) atoms. The molecular formula is C19H22ClN5O3S. The molecule has 3 rings (SSSR count). The Kier molecular flexibility index (Phi) is 6.51. The third-order valence-electron chi connectivity index (χ3n) is 4.51. The summed E-state index contributed by atoms with van der Waals surface area (Å²) in [7, 11) is -3.56. The van der Waals surface area contributed by atoms with Crippen molar-refractivity contribution < 1.29 is 13.2 Å². The molecule has 0 aliphatic rings. The van der Waals surface area contributed by atoms with E-state index in [0.717, 1.165) is 0 Å². The van der Waals surface area contributed by atoms with Crippen LogP contribution in [0.2, 0.25) is 5.02 Å². The largest absolute Gasteiger partial charge is 0.326 e. The number of anilines is 1. The first-order valence-corrected chi connectivity index (χ1v) is 11.1. The Morgan fingerprint density at radius 3 is 2.48 bits per heavy atom. The quantitative estimate of drug-likeness (QED) is 0.586. The average Bonchev–Trinajstić information content (AvgIpc) is 3.11. The smallest absolute Gasteiger partial charge is 0.243 e. The van der Waals surface area contributed by atoms with Gasteiger partial charge >= 0.3 is 0 Å². The molecule has 0 saturated heterocycles. The molecule has 0 aliphatic heterocycles. The predicted molar refractivity (Wildman–Crippen MR) is 112 cm³/mol. The lowest BCUT2D eigenvalue weighted by Crippen LogP contribution is -2.30. The molecule has 0 atom stereocenters. The van der Waals surface area contributed by atoms with Crippen molar-refractivity contribution in [1.82, 2.24) is 19.3 Å². The molecule has 154 valence electrons. The lowest BCUT2D eigenvalue weighted by molar-refractivity contribution is -0.116. The monoisotopic (exact) mass is 435 g/mol. The number of aryl methyl sites for hydroxylation is 1. The first kappa shape index (κ1) is 21.2. The maximum Gasteiger partial charge on any atom is 0.243 e. The minimum absolute atomic E-state index is 0.170. The molecule has 10 heteroatoms. The van der Waals surface area contributed by atoms with Crippen molar-refractivity contribution in [3.63, 3.8) is 0 Å². The van der Waals surface area contributed by atoms with Crippen molar-refractivity contribution in [2.45, 2.75) is 31.7 Å². The van der Waals surface area contributed by atoms with Crippen molar-refractivity contribution in [2.24, 2.45) is 0 Å². The second-order valence-corrected chi connectivity index (χ2v) is 8.73. The Hall–Kier alpha value is -2.49. The summed E-state index contributed by atoms with van der Waals surface area (Å²) in [6.45, 7) is 4.70. The van der Waals surface area contributed by atoms with Gasteiger partial charge < -0.3 is 5.32 Å². The van der Waals surface area contributed by atoms with E-state index >= 15 is 0 Å². The fourth-order valence-corrected chi connectivity index (χ4v) is 4.56. The third-order valence-corrected chi connectivity index (χ3v) is 6.81. The zero-order chi connectivity index (χ0) is 21.0. The normalized spacial score (nSPS) is 11.9. The number of fused-ring (bicyclic) bond motifs is 1. The molecule has 2 aromatic carbocycles. The Morgan fingerprint density at radius 2 is 1.83 bits per heavy atom. The van der Waals surface area contributed by atoms with E-state index in [1.165, 1.54) is 10.4 Å². The summed E-state index contributed by atoms with van der Waals surface area (Å²) >= 11 is 5.83. The second-order valence-electron chi connectivity index (χ2n) is 6.36. The number of amides is 1. The van der Waals surface area contributed by atoms with E-state index < -0.39 is 10.0 Å². The summed E-state index contributed by atoms with van der Waals surface area (Å²) in [5.74, 6) is -0.170. The van der Waals surface area contributed by atoms with Gasteiger partial charge in [-0.1, -0.05) is 30.7 Å². The highest BCUT2D eigenvalue weighted by atomic mass is 35.5. The topological polar surface area (TPSA) is 97.2 Å². The molecular weight excluding hydrogens is 414 g/mol. The summed E-state index contributed by atoms with van der Waals surface area (Å²) in [6.07, 6.45) is 0.195. The van der Waals surface area contributed by atoms with Gasteiger partial charge in [0.15, 0.2) is 0 Å². The lowest BCUT2D eigenvalue weighted by atomic mass is 10.3. The van der Waals surface area contributed by atoms with Crippen molar-refractivity contribution >= 4 is 44.3 Å². The summed E-state index contributed by atoms with van der Waals surface area (Å²) in [4.78, 5) is 12.3. The fraction of sp³-hybridized carbons (Fsp3) is 0.316. The molecule has 1 amide bonds. The molecule has 1 heterocycles. The summed E-state index contributed by atoms with van der Waals surface area (Å²) in [6, 6.07) is 11.6. The van der Waals surface area contributed by atoms with Crippen LogP contribution in [0.1, 0.15) is 20.3 Å². The number of benzene rings is 2. The van der Waals surface area contributed by atoms with Gasteiger partial charge in [0.25, 0.3) is 0 Å². The van der Waals surface area contributed by atoms with Crippen molar-refractivity contribution in [3.05, 3.63) is 47.5 Å². The number of nitrogens with one attached hydrogen (secondary N) is 1. The van der Waals surface area contributed by atoms with Gasteiger partial charge in [-0.2, -0.15) is 4.31 Å². The number of carbonyl (C=O) groups excluding carboxylic acids is 1. The Labute approximate surface area is 174 Å². The highest BCUT2D eigenvalue weighted by Gasteiger charge is 2.22. The van der Waals surface area contributed by atoms with Gasteiger partial charge in [-0.05, 0) is 42.5 Å². The van der Waals surface area contributed by atoms with Crippen LogP contribution in [0.4, 0.5) is 5.69 Å². The summed E-state index contributed by atoms with van der Waals surface area (Å²) in [5.41, 5.74) is 1.80. The zero-order valence-corrected chi connectivity index (χ0v) is 17.7. The molecule has 0 unspecified atom stereocenters. The SMILES string of the molecule is CCN(CC)S(=O)(=O)c1ccc2c(c1)nnn2CCC(=O)Nc1ccc(Cl)cc1. The number of sulfonamides is 1. The van der Waals surface area contributed by atoms with Crippen LogP contribution >= 0.6 is 11.6 Å². The molecule has 3 aromatic rings. The number of aromatic nitrogens is 3. The van der Waals surface area contributed by atoms with Gasteiger partial charge in [-0.25, -0.2) is 13.1 Å². The molecule has 0 bridgehead atoms. The zero-order valence-electron chi connectivity index (χ0n) is 16.2. The molecule has 0 radical (unpaired) electrons. The van der Waals surface area contributed by atoms with Crippen LogP contribution in [0.25, 0.3) is 11.0 Å². The fourth-order valence-electron chi connectivity index (χ4n) is 2.95. The standard InChI is InChI=1S/C19H22ClN5O3S/c1-3-24(4-2)29(27,28)16-9-10-18-17(13-16)22-23-25(18)12-11-19(26)21-15-7-5-14(20)6-8-15/h5-10,13H,3-4,11-12H2,1-2H3,(H,21,26). The van der Waals surface area contributed by atoms with Crippen LogP contribution in [-0.4, -0.2) is 46.7 Å². The van der Waals surface area contributed by atoms with E-state index in [9.17, 15) is 13.2 Å². The van der Waals surface area contributed by atoms with E-state index in [1.54, 1.807) is 54.9 Å². The van der Waals surface area contributed by atoms with Gasteiger partial charge in [0, 0.05) is 30.2 Å². The molecule has 0 aliphatic carbocycles. The molecule has 1 aromatic heterocycles. The number of hydrogen-bond acceptors (Lipinski definition) is 5. The lowest BCUT2D eigenvalue weighted by Gasteiger charge is -2.18. The number of hydrogen-bond donors (Lipinski definition) is 1. The Bertz CT molecular complexity index is 1110. The highest BCUT2D eigenvalue weighted by molar-refractivity contribution is 7.89. The van der Waals surface area contributed by atoms with Gasteiger partial charge in [0.2, 0.25) is 15.9 Å². The molecule has 1 N–H and O–H groups in total. The van der Waals surface area contributed by atoms with Crippen LogP contribution in [0, 0.1) is 0 Å². The van der Waals surface area contributed by atoms with E-state index in [-0.39, 0.29) is 17.2 Å². The van der Waals surface area contributed by atoms with Crippen molar-refractivity contribution in [3.8, 4) is 0 Å². The van der Waals surface area contributed by atoms with E-state index in [2.05, 4.69) is 15.6 Å². The average molecular weight is 436 g/mol. The van der Waals surface area contributed by atoms with Crippen molar-refractivity contribution in [2.75, 3.05) is 18.4 Å². The number of carbonyl (C=O) groups is 1. The molecule has 0 spiro atoms. The first-order valence-electron chi connectivity index (χ1n) is 9.24. The van der Waals surface area contributed by atoms with Gasteiger partial charge in [-0.3, -0.25) is 4.79 Å². The van der Waals surface area contributed by atoms with Gasteiger partial charge in [-0.15, -0.1) is 5.10 Å². The summed E-state index contributed by atoms with van der Waals surface area (Å²) < 4.78 is 28.3. The Morgan fingerprint density at radius 1 is 1.14 bits per heavy atom. The number of rotatable bonds is 8. The molecule has 8 nitrogen and oxygen atoms in total. The van der Waals surface area contributed by atoms with Crippen LogP contribution in [0.5, 0.6) is 0 Å². The minimum Gasteiger partial charge on any atom is -0.326 e. The van der Waals surface area contributed by atoms with Crippen LogP contribution in [0.3, 0.4) is 0 Å².